The maximum Gasteiger partial charge on any atom is 0.0587 e. The summed E-state index contributed by atoms with van der Waals surface area (Å²) in [6.07, 6.45) is 1.91. The fourth-order valence-electron chi connectivity index (χ4n) is 0.881. The van der Waals surface area contributed by atoms with Crippen LogP contribution in [0.3, 0.4) is 0 Å². The second-order valence-electron chi connectivity index (χ2n) is 2.79. The van der Waals surface area contributed by atoms with E-state index in [1.54, 1.807) is 7.11 Å². The standard InChI is InChI=1S/C9H20N2O/c1-4-7-11(2)8-5-10-6-9-12-3/h4,10H,1,5-9H2,2-3H3. The molecule has 0 spiro atoms. The van der Waals surface area contributed by atoms with Crippen LogP contribution in [0, 0.1) is 0 Å². The molecule has 0 rings (SSSR count). The molecule has 12 heavy (non-hydrogen) atoms. The highest BCUT2D eigenvalue weighted by Crippen LogP contribution is 1.79. The Balaban J connectivity index is 3.02. The van der Waals surface area contributed by atoms with E-state index in [-0.39, 0.29) is 0 Å². The van der Waals surface area contributed by atoms with Crippen molar-refractivity contribution in [2.24, 2.45) is 0 Å². The highest BCUT2D eigenvalue weighted by molar-refractivity contribution is 4.71. The van der Waals surface area contributed by atoms with Crippen molar-refractivity contribution in [1.82, 2.24) is 10.2 Å². The molecule has 0 aromatic rings. The Hall–Kier alpha value is -0.380. The largest absolute Gasteiger partial charge is 0.383 e. The molecular formula is C9H20N2O. The van der Waals surface area contributed by atoms with E-state index >= 15 is 0 Å². The summed E-state index contributed by atoms with van der Waals surface area (Å²) in [6.45, 7) is 8.40. The number of ether oxygens (including phenoxy) is 1. The Morgan fingerprint density at radius 1 is 1.50 bits per heavy atom. The summed E-state index contributed by atoms with van der Waals surface area (Å²) in [5.41, 5.74) is 0. The van der Waals surface area contributed by atoms with Gasteiger partial charge in [0.15, 0.2) is 0 Å². The fraction of sp³-hybridized carbons (Fsp3) is 0.778. The van der Waals surface area contributed by atoms with Gasteiger partial charge in [-0.3, -0.25) is 0 Å². The first kappa shape index (κ1) is 11.6. The topological polar surface area (TPSA) is 24.5 Å². The van der Waals surface area contributed by atoms with E-state index in [2.05, 4.69) is 23.8 Å². The van der Waals surface area contributed by atoms with Crippen LogP contribution < -0.4 is 5.32 Å². The molecule has 0 aliphatic heterocycles. The van der Waals surface area contributed by atoms with Crippen LogP contribution in [0.25, 0.3) is 0 Å². The summed E-state index contributed by atoms with van der Waals surface area (Å²) in [5.74, 6) is 0. The summed E-state index contributed by atoms with van der Waals surface area (Å²) in [7, 11) is 3.80. The Kier molecular flexibility index (Phi) is 8.44. The van der Waals surface area contributed by atoms with Crippen LogP contribution in [0.4, 0.5) is 0 Å². The van der Waals surface area contributed by atoms with Crippen molar-refractivity contribution in [2.45, 2.75) is 0 Å². The minimum absolute atomic E-state index is 0.783. The third-order valence-electron chi connectivity index (χ3n) is 1.59. The molecule has 0 fully saturated rings. The van der Waals surface area contributed by atoms with Crippen molar-refractivity contribution in [3.05, 3.63) is 12.7 Å². The zero-order valence-corrected chi connectivity index (χ0v) is 8.18. The first-order valence-electron chi connectivity index (χ1n) is 4.30. The molecule has 1 N–H and O–H groups in total. The van der Waals surface area contributed by atoms with Gasteiger partial charge in [0.05, 0.1) is 6.61 Å². The quantitative estimate of drug-likeness (QED) is 0.422. The lowest BCUT2D eigenvalue weighted by atomic mass is 10.5. The van der Waals surface area contributed by atoms with E-state index in [9.17, 15) is 0 Å². The molecule has 0 aliphatic rings. The van der Waals surface area contributed by atoms with Crippen LogP contribution in [0.5, 0.6) is 0 Å². The molecule has 0 atom stereocenters. The van der Waals surface area contributed by atoms with Gasteiger partial charge in [-0.05, 0) is 7.05 Å². The third-order valence-corrected chi connectivity index (χ3v) is 1.59. The second-order valence-corrected chi connectivity index (χ2v) is 2.79. The number of nitrogens with zero attached hydrogens (tertiary/aromatic N) is 1. The van der Waals surface area contributed by atoms with Crippen molar-refractivity contribution in [3.8, 4) is 0 Å². The van der Waals surface area contributed by atoms with E-state index in [0.29, 0.717) is 0 Å². The van der Waals surface area contributed by atoms with E-state index in [0.717, 1.165) is 32.8 Å². The first-order chi connectivity index (χ1) is 5.81. The lowest BCUT2D eigenvalue weighted by molar-refractivity contribution is 0.198. The summed E-state index contributed by atoms with van der Waals surface area (Å²) in [4.78, 5) is 2.22. The zero-order valence-electron chi connectivity index (χ0n) is 8.18. The molecule has 0 saturated carbocycles. The second kappa shape index (κ2) is 8.71. The SMILES string of the molecule is C=CCN(C)CCNCCOC. The van der Waals surface area contributed by atoms with Gasteiger partial charge in [-0.15, -0.1) is 6.58 Å². The molecular weight excluding hydrogens is 152 g/mol. The normalized spacial score (nSPS) is 10.6. The lowest BCUT2D eigenvalue weighted by Gasteiger charge is -2.13. The van der Waals surface area contributed by atoms with Gasteiger partial charge < -0.3 is 15.0 Å². The van der Waals surface area contributed by atoms with E-state index in [4.69, 9.17) is 4.74 Å². The lowest BCUT2D eigenvalue weighted by Crippen LogP contribution is -2.30. The van der Waals surface area contributed by atoms with Crippen molar-refractivity contribution in [3.63, 3.8) is 0 Å². The van der Waals surface area contributed by atoms with Gasteiger partial charge >= 0.3 is 0 Å². The van der Waals surface area contributed by atoms with Crippen LogP contribution >= 0.6 is 0 Å². The van der Waals surface area contributed by atoms with Gasteiger partial charge in [-0.25, -0.2) is 0 Å². The highest BCUT2D eigenvalue weighted by atomic mass is 16.5. The molecule has 0 aromatic carbocycles. The van der Waals surface area contributed by atoms with Crippen LogP contribution in [0.2, 0.25) is 0 Å². The van der Waals surface area contributed by atoms with Crippen LogP contribution in [0.15, 0.2) is 12.7 Å². The number of hydrogen-bond donors (Lipinski definition) is 1. The van der Waals surface area contributed by atoms with Gasteiger partial charge in [0.25, 0.3) is 0 Å². The minimum Gasteiger partial charge on any atom is -0.383 e. The molecule has 0 saturated heterocycles. The molecule has 3 heteroatoms. The Bertz CT molecular complexity index is 107. The smallest absolute Gasteiger partial charge is 0.0587 e. The fourth-order valence-corrected chi connectivity index (χ4v) is 0.881. The first-order valence-corrected chi connectivity index (χ1v) is 4.30. The molecule has 0 aromatic heterocycles. The van der Waals surface area contributed by atoms with Gasteiger partial charge in [0.2, 0.25) is 0 Å². The molecule has 3 nitrogen and oxygen atoms in total. The summed E-state index contributed by atoms with van der Waals surface area (Å²) in [5, 5.41) is 3.27. The van der Waals surface area contributed by atoms with Crippen molar-refractivity contribution in [2.75, 3.05) is 46.9 Å². The summed E-state index contributed by atoms with van der Waals surface area (Å²) in [6, 6.07) is 0. The molecule has 0 bridgehead atoms. The molecule has 0 amide bonds. The maximum absolute atomic E-state index is 4.90. The monoisotopic (exact) mass is 172 g/mol. The predicted molar refractivity (Wildman–Crippen MR) is 52.4 cm³/mol. The van der Waals surface area contributed by atoms with Gasteiger partial charge in [0, 0.05) is 33.3 Å². The van der Waals surface area contributed by atoms with E-state index in [1.165, 1.54) is 0 Å². The number of hydrogen-bond acceptors (Lipinski definition) is 3. The van der Waals surface area contributed by atoms with Crippen LogP contribution in [-0.2, 0) is 4.74 Å². The number of methoxy groups -OCH3 is 1. The minimum atomic E-state index is 0.783. The van der Waals surface area contributed by atoms with Gasteiger partial charge in [-0.2, -0.15) is 0 Å². The van der Waals surface area contributed by atoms with Crippen molar-refractivity contribution < 1.29 is 4.74 Å². The number of likely N-dealkylation sites (N-methyl/N-ethyl adjacent to an activating group) is 1. The Morgan fingerprint density at radius 3 is 2.83 bits per heavy atom. The number of rotatable bonds is 8. The summed E-state index contributed by atoms with van der Waals surface area (Å²) < 4.78 is 4.90. The van der Waals surface area contributed by atoms with Crippen molar-refractivity contribution >= 4 is 0 Å². The Labute approximate surface area is 75.4 Å². The summed E-state index contributed by atoms with van der Waals surface area (Å²) >= 11 is 0. The van der Waals surface area contributed by atoms with Crippen LogP contribution in [-0.4, -0.2) is 51.8 Å². The molecule has 0 unspecified atom stereocenters. The van der Waals surface area contributed by atoms with E-state index in [1.807, 2.05) is 6.08 Å². The van der Waals surface area contributed by atoms with Gasteiger partial charge in [-0.1, -0.05) is 6.08 Å². The zero-order chi connectivity index (χ0) is 9.23. The van der Waals surface area contributed by atoms with E-state index < -0.39 is 0 Å². The number of nitrogens with one attached hydrogen (secondary N) is 1. The third kappa shape index (κ3) is 7.72. The molecule has 0 aliphatic carbocycles. The Morgan fingerprint density at radius 2 is 2.25 bits per heavy atom. The molecule has 0 heterocycles. The average Bonchev–Trinajstić information content (AvgIpc) is 2.05. The van der Waals surface area contributed by atoms with Crippen molar-refractivity contribution in [1.29, 1.82) is 0 Å². The average molecular weight is 172 g/mol. The van der Waals surface area contributed by atoms with Crippen LogP contribution in [0.1, 0.15) is 0 Å². The highest BCUT2D eigenvalue weighted by Gasteiger charge is 1.93. The molecule has 0 radical (unpaired) electrons. The maximum atomic E-state index is 4.90. The van der Waals surface area contributed by atoms with Gasteiger partial charge in [0.1, 0.15) is 0 Å². The predicted octanol–water partition coefficient (Wildman–Crippen LogP) is 0.340. The molecule has 72 valence electrons.